The van der Waals surface area contributed by atoms with Gasteiger partial charge in [0.1, 0.15) is 5.71 Å². The normalized spacial score (nSPS) is 17.3. The standard InChI is InChI=1S/C12H15ClN2O2.ClH/c13-11-3-1-10(2-4-11)12(14-16)9-15-5-7-17-8-6-15;/h1-4,16H,5-9H2;1H/b14-12-;. The molecule has 4 nitrogen and oxygen atoms in total. The molecule has 0 bridgehead atoms. The Morgan fingerprint density at radius 1 is 1.28 bits per heavy atom. The fourth-order valence-electron chi connectivity index (χ4n) is 1.79. The van der Waals surface area contributed by atoms with E-state index >= 15 is 0 Å². The molecule has 1 aliphatic heterocycles. The molecule has 0 aliphatic carbocycles. The Labute approximate surface area is 118 Å². The Kier molecular flexibility index (Phi) is 6.43. The van der Waals surface area contributed by atoms with Crippen molar-refractivity contribution in [2.75, 3.05) is 32.8 Å². The van der Waals surface area contributed by atoms with Crippen LogP contribution in [0.15, 0.2) is 29.4 Å². The number of halogens is 2. The van der Waals surface area contributed by atoms with E-state index in [-0.39, 0.29) is 12.4 Å². The van der Waals surface area contributed by atoms with Crippen LogP contribution in [0.5, 0.6) is 0 Å². The van der Waals surface area contributed by atoms with E-state index in [1.54, 1.807) is 12.1 Å². The van der Waals surface area contributed by atoms with Gasteiger partial charge in [0.05, 0.1) is 13.2 Å². The van der Waals surface area contributed by atoms with Crippen LogP contribution in [0, 0.1) is 0 Å². The molecule has 0 amide bonds. The van der Waals surface area contributed by atoms with Crippen molar-refractivity contribution < 1.29 is 9.94 Å². The fourth-order valence-corrected chi connectivity index (χ4v) is 1.92. The first-order valence-electron chi connectivity index (χ1n) is 5.56. The minimum absolute atomic E-state index is 0. The van der Waals surface area contributed by atoms with Gasteiger partial charge in [-0.05, 0) is 12.1 Å². The summed E-state index contributed by atoms with van der Waals surface area (Å²) in [6, 6.07) is 7.30. The van der Waals surface area contributed by atoms with Gasteiger partial charge in [0.2, 0.25) is 0 Å². The van der Waals surface area contributed by atoms with Gasteiger partial charge >= 0.3 is 0 Å². The molecule has 1 fully saturated rings. The van der Waals surface area contributed by atoms with Gasteiger partial charge in [-0.3, -0.25) is 4.90 Å². The molecule has 1 aromatic carbocycles. The van der Waals surface area contributed by atoms with Gasteiger partial charge in [0.15, 0.2) is 0 Å². The predicted octanol–water partition coefficient (Wildman–Crippen LogP) is 2.27. The molecule has 1 aromatic rings. The number of hydrogen-bond donors (Lipinski definition) is 1. The topological polar surface area (TPSA) is 45.1 Å². The van der Waals surface area contributed by atoms with Crippen LogP contribution in [0.3, 0.4) is 0 Å². The smallest absolute Gasteiger partial charge is 0.101 e. The third kappa shape index (κ3) is 4.14. The first kappa shape index (κ1) is 15.2. The Hall–Kier alpha value is -0.810. The van der Waals surface area contributed by atoms with E-state index in [2.05, 4.69) is 10.1 Å². The Morgan fingerprint density at radius 3 is 2.44 bits per heavy atom. The number of oxime groups is 1. The Balaban J connectivity index is 0.00000162. The molecule has 0 atom stereocenters. The summed E-state index contributed by atoms with van der Waals surface area (Å²) < 4.78 is 5.27. The average molecular weight is 291 g/mol. The maximum atomic E-state index is 9.08. The van der Waals surface area contributed by atoms with Gasteiger partial charge in [-0.1, -0.05) is 28.9 Å². The van der Waals surface area contributed by atoms with Crippen LogP contribution >= 0.6 is 24.0 Å². The summed E-state index contributed by atoms with van der Waals surface area (Å²) in [6.45, 7) is 3.83. The largest absolute Gasteiger partial charge is 0.411 e. The summed E-state index contributed by atoms with van der Waals surface area (Å²) in [7, 11) is 0. The van der Waals surface area contributed by atoms with Crippen LogP contribution < -0.4 is 0 Å². The molecule has 0 radical (unpaired) electrons. The molecule has 1 aliphatic rings. The quantitative estimate of drug-likeness (QED) is 0.528. The molecule has 1 saturated heterocycles. The van der Waals surface area contributed by atoms with Crippen molar-refractivity contribution in [1.82, 2.24) is 4.90 Å². The van der Waals surface area contributed by atoms with E-state index < -0.39 is 0 Å². The van der Waals surface area contributed by atoms with Gasteiger partial charge in [0, 0.05) is 30.2 Å². The zero-order valence-electron chi connectivity index (χ0n) is 9.88. The molecule has 2 rings (SSSR count). The average Bonchev–Trinajstić information content (AvgIpc) is 2.38. The molecule has 100 valence electrons. The Morgan fingerprint density at radius 2 is 1.89 bits per heavy atom. The number of morpholine rings is 1. The minimum atomic E-state index is 0. The van der Waals surface area contributed by atoms with Crippen molar-refractivity contribution in [2.45, 2.75) is 0 Å². The third-order valence-electron chi connectivity index (χ3n) is 2.78. The minimum Gasteiger partial charge on any atom is -0.411 e. The second-order valence-electron chi connectivity index (χ2n) is 3.94. The molecule has 0 aromatic heterocycles. The molecule has 1 heterocycles. The summed E-state index contributed by atoms with van der Waals surface area (Å²) in [6.07, 6.45) is 0. The van der Waals surface area contributed by atoms with Crippen LogP contribution in [-0.2, 0) is 4.74 Å². The first-order valence-corrected chi connectivity index (χ1v) is 5.94. The summed E-state index contributed by atoms with van der Waals surface area (Å²) in [4.78, 5) is 2.20. The fraction of sp³-hybridized carbons (Fsp3) is 0.417. The summed E-state index contributed by atoms with van der Waals surface area (Å²) in [5.41, 5.74) is 1.55. The lowest BCUT2D eigenvalue weighted by Gasteiger charge is -2.26. The highest BCUT2D eigenvalue weighted by Crippen LogP contribution is 2.11. The van der Waals surface area contributed by atoms with E-state index in [9.17, 15) is 0 Å². The van der Waals surface area contributed by atoms with Crippen LogP contribution in [-0.4, -0.2) is 48.7 Å². The monoisotopic (exact) mass is 290 g/mol. The lowest BCUT2D eigenvalue weighted by atomic mass is 10.1. The lowest BCUT2D eigenvalue weighted by molar-refractivity contribution is 0.0450. The summed E-state index contributed by atoms with van der Waals surface area (Å²) in [5.74, 6) is 0. The van der Waals surface area contributed by atoms with Crippen molar-refractivity contribution in [3.05, 3.63) is 34.9 Å². The molecule has 18 heavy (non-hydrogen) atoms. The van der Waals surface area contributed by atoms with Crippen LogP contribution in [0.25, 0.3) is 0 Å². The van der Waals surface area contributed by atoms with E-state index in [4.69, 9.17) is 21.5 Å². The molecular formula is C12H16Cl2N2O2. The second-order valence-corrected chi connectivity index (χ2v) is 4.38. The van der Waals surface area contributed by atoms with Gasteiger partial charge in [-0.2, -0.15) is 0 Å². The van der Waals surface area contributed by atoms with Crippen LogP contribution in [0.4, 0.5) is 0 Å². The zero-order chi connectivity index (χ0) is 12.1. The van der Waals surface area contributed by atoms with E-state index in [0.717, 1.165) is 31.9 Å². The van der Waals surface area contributed by atoms with Gasteiger partial charge in [0.25, 0.3) is 0 Å². The van der Waals surface area contributed by atoms with Crippen LogP contribution in [0.1, 0.15) is 5.56 Å². The highest BCUT2D eigenvalue weighted by atomic mass is 35.5. The molecule has 0 spiro atoms. The van der Waals surface area contributed by atoms with Crippen molar-refractivity contribution in [3.63, 3.8) is 0 Å². The van der Waals surface area contributed by atoms with Crippen molar-refractivity contribution in [2.24, 2.45) is 5.16 Å². The first-order chi connectivity index (χ1) is 8.29. The van der Waals surface area contributed by atoms with Gasteiger partial charge < -0.3 is 9.94 Å². The SMILES string of the molecule is Cl.O/N=C(/CN1CCOCC1)c1ccc(Cl)cc1. The summed E-state index contributed by atoms with van der Waals surface area (Å²) in [5, 5.41) is 13.1. The van der Waals surface area contributed by atoms with Gasteiger partial charge in [-0.25, -0.2) is 0 Å². The molecule has 0 saturated carbocycles. The second kappa shape index (κ2) is 7.59. The van der Waals surface area contributed by atoms with E-state index in [1.165, 1.54) is 0 Å². The molecule has 1 N–H and O–H groups in total. The molecule has 0 unspecified atom stereocenters. The van der Waals surface area contributed by atoms with Gasteiger partial charge in [-0.15, -0.1) is 12.4 Å². The summed E-state index contributed by atoms with van der Waals surface area (Å²) >= 11 is 5.82. The number of nitrogens with zero attached hydrogens (tertiary/aromatic N) is 2. The van der Waals surface area contributed by atoms with Crippen molar-refractivity contribution in [3.8, 4) is 0 Å². The molecule has 6 heteroatoms. The van der Waals surface area contributed by atoms with Crippen molar-refractivity contribution in [1.29, 1.82) is 0 Å². The lowest BCUT2D eigenvalue weighted by Crippen LogP contribution is -2.39. The third-order valence-corrected chi connectivity index (χ3v) is 3.03. The predicted molar refractivity (Wildman–Crippen MR) is 74.3 cm³/mol. The Bertz CT molecular complexity index is 390. The van der Waals surface area contributed by atoms with E-state index in [1.807, 2.05) is 12.1 Å². The van der Waals surface area contributed by atoms with Crippen LogP contribution in [0.2, 0.25) is 5.02 Å². The van der Waals surface area contributed by atoms with E-state index in [0.29, 0.717) is 17.3 Å². The number of benzene rings is 1. The zero-order valence-corrected chi connectivity index (χ0v) is 11.5. The highest BCUT2D eigenvalue weighted by molar-refractivity contribution is 6.30. The maximum Gasteiger partial charge on any atom is 0.101 e. The maximum absolute atomic E-state index is 9.08. The van der Waals surface area contributed by atoms with Crippen molar-refractivity contribution >= 4 is 29.7 Å². The highest BCUT2D eigenvalue weighted by Gasteiger charge is 2.14. The number of hydrogen-bond acceptors (Lipinski definition) is 4. The number of ether oxygens (including phenoxy) is 1. The number of rotatable bonds is 3. The molecular weight excluding hydrogens is 275 g/mol.